The zero-order valence-electron chi connectivity index (χ0n) is 11.7. The summed E-state index contributed by atoms with van der Waals surface area (Å²) >= 11 is 0. The van der Waals surface area contributed by atoms with Crippen molar-refractivity contribution in [1.82, 2.24) is 15.0 Å². The number of rotatable bonds is 2. The number of Topliss-reactive ketones (excluding diaryl/α,β-unsaturated/α-hetero) is 1. The van der Waals surface area contributed by atoms with E-state index in [1.165, 1.54) is 16.8 Å². The van der Waals surface area contributed by atoms with Gasteiger partial charge in [-0.2, -0.15) is 0 Å². The molecule has 3 rings (SSSR count). The largest absolute Gasteiger partial charge is 0.292 e. The Labute approximate surface area is 120 Å². The van der Waals surface area contributed by atoms with E-state index in [0.717, 1.165) is 5.69 Å². The number of fused-ring (bicyclic) bond motifs is 1. The molecule has 1 aromatic heterocycles. The maximum atomic E-state index is 12.1. The van der Waals surface area contributed by atoms with Crippen molar-refractivity contribution in [2.24, 2.45) is 5.41 Å². The van der Waals surface area contributed by atoms with Crippen molar-refractivity contribution in [3.63, 3.8) is 0 Å². The minimum absolute atomic E-state index is 0.0156. The van der Waals surface area contributed by atoms with Gasteiger partial charge in [-0.1, -0.05) is 25.1 Å². The van der Waals surface area contributed by atoms with Crippen LogP contribution in [0, 0.1) is 15.5 Å². The number of hydrogen-bond acceptors (Lipinski definition) is 5. The van der Waals surface area contributed by atoms with E-state index in [2.05, 4.69) is 10.3 Å². The van der Waals surface area contributed by atoms with E-state index >= 15 is 0 Å². The molecule has 7 nitrogen and oxygen atoms in total. The Kier molecular flexibility index (Phi) is 2.86. The molecule has 0 radical (unpaired) electrons. The molecule has 7 heteroatoms. The molecule has 0 aliphatic heterocycles. The fourth-order valence-electron chi connectivity index (χ4n) is 2.66. The van der Waals surface area contributed by atoms with Crippen LogP contribution < -0.4 is 0 Å². The summed E-state index contributed by atoms with van der Waals surface area (Å²) in [5.41, 5.74) is 1.46. The van der Waals surface area contributed by atoms with Crippen LogP contribution in [-0.2, 0) is 6.42 Å². The molecule has 0 bridgehead atoms. The average molecular weight is 286 g/mol. The standard InChI is InChI=1S/C14H14N4O3/c1-14(2)7-11-13(12(19)8-14)15-16-17(11)9-4-3-5-10(6-9)18(20)21/h3-6H,7-8H2,1-2H3. The number of nitro groups is 1. The van der Waals surface area contributed by atoms with Crippen molar-refractivity contribution >= 4 is 11.5 Å². The van der Waals surface area contributed by atoms with Crippen molar-refractivity contribution in [2.75, 3.05) is 0 Å². The first-order valence-electron chi connectivity index (χ1n) is 6.60. The Hall–Kier alpha value is -2.57. The fourth-order valence-corrected chi connectivity index (χ4v) is 2.66. The maximum absolute atomic E-state index is 12.1. The van der Waals surface area contributed by atoms with E-state index in [4.69, 9.17) is 0 Å². The van der Waals surface area contributed by atoms with Gasteiger partial charge in [-0.25, -0.2) is 4.68 Å². The second kappa shape index (κ2) is 4.47. The summed E-state index contributed by atoms with van der Waals surface area (Å²) in [7, 11) is 0. The summed E-state index contributed by atoms with van der Waals surface area (Å²) in [6.45, 7) is 4.03. The van der Waals surface area contributed by atoms with Gasteiger partial charge in [0.25, 0.3) is 5.69 Å². The van der Waals surface area contributed by atoms with E-state index in [0.29, 0.717) is 24.2 Å². The van der Waals surface area contributed by atoms with Crippen LogP contribution in [-0.4, -0.2) is 25.7 Å². The van der Waals surface area contributed by atoms with Crippen LogP contribution >= 0.6 is 0 Å². The molecular formula is C14H14N4O3. The van der Waals surface area contributed by atoms with E-state index < -0.39 is 4.92 Å². The predicted octanol–water partition coefficient (Wildman–Crippen LogP) is 2.33. The lowest BCUT2D eigenvalue weighted by molar-refractivity contribution is -0.384. The van der Waals surface area contributed by atoms with Gasteiger partial charge in [-0.15, -0.1) is 5.10 Å². The minimum Gasteiger partial charge on any atom is -0.292 e. The Morgan fingerprint density at radius 1 is 1.33 bits per heavy atom. The molecule has 1 aromatic carbocycles. The summed E-state index contributed by atoms with van der Waals surface area (Å²) in [6, 6.07) is 6.16. The third kappa shape index (κ3) is 2.31. The lowest BCUT2D eigenvalue weighted by Gasteiger charge is -2.27. The maximum Gasteiger partial charge on any atom is 0.271 e. The van der Waals surface area contributed by atoms with Crippen LogP contribution in [0.25, 0.3) is 5.69 Å². The highest BCUT2D eigenvalue weighted by Crippen LogP contribution is 2.34. The molecule has 0 saturated heterocycles. The van der Waals surface area contributed by atoms with Gasteiger partial charge in [0.05, 0.1) is 16.3 Å². The van der Waals surface area contributed by atoms with Gasteiger partial charge in [0.15, 0.2) is 11.5 Å². The number of ketones is 1. The molecule has 1 aliphatic carbocycles. The molecule has 2 aromatic rings. The number of nitro benzene ring substituents is 1. The van der Waals surface area contributed by atoms with Crippen LogP contribution in [0.1, 0.15) is 36.5 Å². The lowest BCUT2D eigenvalue weighted by Crippen LogP contribution is -2.28. The van der Waals surface area contributed by atoms with Gasteiger partial charge in [-0.3, -0.25) is 14.9 Å². The predicted molar refractivity (Wildman–Crippen MR) is 74.4 cm³/mol. The average Bonchev–Trinajstić information content (AvgIpc) is 2.81. The van der Waals surface area contributed by atoms with E-state index in [1.807, 2.05) is 13.8 Å². The summed E-state index contributed by atoms with van der Waals surface area (Å²) in [5.74, 6) is -0.0297. The normalized spacial score (nSPS) is 16.6. The number of aromatic nitrogens is 3. The van der Waals surface area contributed by atoms with Crippen molar-refractivity contribution in [3.05, 3.63) is 45.8 Å². The first-order valence-corrected chi connectivity index (χ1v) is 6.60. The molecule has 0 saturated carbocycles. The number of benzene rings is 1. The first kappa shape index (κ1) is 13.4. The van der Waals surface area contributed by atoms with Crippen molar-refractivity contribution < 1.29 is 9.72 Å². The van der Waals surface area contributed by atoms with Gasteiger partial charge in [0.1, 0.15) is 0 Å². The highest BCUT2D eigenvalue weighted by Gasteiger charge is 2.35. The van der Waals surface area contributed by atoms with Crippen LogP contribution in [0.5, 0.6) is 0 Å². The summed E-state index contributed by atoms with van der Waals surface area (Å²) in [5, 5.41) is 18.8. The number of nitrogens with zero attached hydrogens (tertiary/aromatic N) is 4. The first-order chi connectivity index (χ1) is 9.87. The van der Waals surface area contributed by atoms with Crippen LogP contribution in [0.2, 0.25) is 0 Å². The third-order valence-corrected chi connectivity index (χ3v) is 3.60. The Bertz CT molecular complexity index is 748. The van der Waals surface area contributed by atoms with E-state index in [9.17, 15) is 14.9 Å². The molecule has 1 heterocycles. The van der Waals surface area contributed by atoms with Gasteiger partial charge < -0.3 is 0 Å². The highest BCUT2D eigenvalue weighted by atomic mass is 16.6. The molecular weight excluding hydrogens is 272 g/mol. The van der Waals surface area contributed by atoms with Crippen LogP contribution in [0.3, 0.4) is 0 Å². The molecule has 21 heavy (non-hydrogen) atoms. The smallest absolute Gasteiger partial charge is 0.271 e. The molecule has 108 valence electrons. The Morgan fingerprint density at radius 3 is 2.81 bits per heavy atom. The van der Waals surface area contributed by atoms with Crippen molar-refractivity contribution in [3.8, 4) is 5.69 Å². The molecule has 0 fully saturated rings. The zero-order valence-corrected chi connectivity index (χ0v) is 11.7. The molecule has 0 spiro atoms. The minimum atomic E-state index is -0.456. The van der Waals surface area contributed by atoms with E-state index in [1.54, 1.807) is 12.1 Å². The molecule has 0 N–H and O–H groups in total. The van der Waals surface area contributed by atoms with Gasteiger partial charge in [0, 0.05) is 18.6 Å². The molecule has 0 unspecified atom stereocenters. The Balaban J connectivity index is 2.12. The van der Waals surface area contributed by atoms with Gasteiger partial charge >= 0.3 is 0 Å². The SMILES string of the molecule is CC1(C)CC(=O)c2nnn(-c3cccc([N+](=O)[O-])c3)c2C1. The Morgan fingerprint density at radius 2 is 2.10 bits per heavy atom. The monoisotopic (exact) mass is 286 g/mol. The fraction of sp³-hybridized carbons (Fsp3) is 0.357. The topological polar surface area (TPSA) is 90.9 Å². The van der Waals surface area contributed by atoms with Gasteiger partial charge in [-0.05, 0) is 17.9 Å². The number of carbonyl (C=O) groups is 1. The summed E-state index contributed by atoms with van der Waals surface area (Å²) in [6.07, 6.45) is 1.09. The zero-order chi connectivity index (χ0) is 15.2. The second-order valence-electron chi connectivity index (χ2n) is 6.01. The number of carbonyl (C=O) groups excluding carboxylic acids is 1. The van der Waals surface area contributed by atoms with Crippen molar-refractivity contribution in [1.29, 1.82) is 0 Å². The quantitative estimate of drug-likeness (QED) is 0.624. The molecule has 1 aliphatic rings. The summed E-state index contributed by atoms with van der Waals surface area (Å²) in [4.78, 5) is 22.5. The number of non-ortho nitro benzene ring substituents is 1. The molecule has 0 atom stereocenters. The summed E-state index contributed by atoms with van der Waals surface area (Å²) < 4.78 is 1.53. The number of hydrogen-bond donors (Lipinski definition) is 0. The lowest BCUT2D eigenvalue weighted by atomic mass is 9.77. The second-order valence-corrected chi connectivity index (χ2v) is 6.01. The van der Waals surface area contributed by atoms with Crippen molar-refractivity contribution in [2.45, 2.75) is 26.7 Å². The highest BCUT2D eigenvalue weighted by molar-refractivity contribution is 5.96. The van der Waals surface area contributed by atoms with Crippen LogP contribution in [0.15, 0.2) is 24.3 Å². The van der Waals surface area contributed by atoms with E-state index in [-0.39, 0.29) is 16.9 Å². The molecule has 0 amide bonds. The van der Waals surface area contributed by atoms with Gasteiger partial charge in [0.2, 0.25) is 0 Å². The third-order valence-electron chi connectivity index (χ3n) is 3.60. The van der Waals surface area contributed by atoms with Crippen LogP contribution in [0.4, 0.5) is 5.69 Å².